The summed E-state index contributed by atoms with van der Waals surface area (Å²) >= 11 is -2.30. The minimum atomic E-state index is -2.30. The van der Waals surface area contributed by atoms with Crippen LogP contribution in [0.3, 0.4) is 0 Å². The van der Waals surface area contributed by atoms with Crippen LogP contribution in [0, 0.1) is 0 Å². The zero-order chi connectivity index (χ0) is 22.7. The minimum absolute atomic E-state index is 0.159. The summed E-state index contributed by atoms with van der Waals surface area (Å²) in [5.41, 5.74) is 0. The van der Waals surface area contributed by atoms with E-state index in [2.05, 4.69) is 64.8 Å². The van der Waals surface area contributed by atoms with Gasteiger partial charge in [0.25, 0.3) is 0 Å². The molecule has 0 spiro atoms. The second-order valence-corrected chi connectivity index (χ2v) is 29.0. The number of hydrogen-bond acceptors (Lipinski definition) is 2. The average Bonchev–Trinajstić information content (AvgIpc) is 2.71. The molecule has 0 aromatic heterocycles. The standard InChI is InChI=1S/C14H27O2Si.3C4H9.Sn/c1-7-12(13-10-8-9-11-15-13)16-17(5,6)14(2,3)4;3*1-3-4-2;/h1,7,12-13H,8-11H2,2-6H3;3*1,3-4H2,2H3;. The van der Waals surface area contributed by atoms with Gasteiger partial charge in [-0.05, 0) is 0 Å². The van der Waals surface area contributed by atoms with E-state index >= 15 is 0 Å². The third-order valence-electron chi connectivity index (χ3n) is 7.54. The maximum absolute atomic E-state index is 7.01. The Balaban J connectivity index is 3.16. The Morgan fingerprint density at radius 1 is 0.967 bits per heavy atom. The zero-order valence-electron chi connectivity index (χ0n) is 21.8. The van der Waals surface area contributed by atoms with Gasteiger partial charge in [-0.3, -0.25) is 0 Å². The number of ether oxygens (including phenoxy) is 1. The van der Waals surface area contributed by atoms with Crippen molar-refractivity contribution in [3.63, 3.8) is 0 Å². The summed E-state index contributed by atoms with van der Waals surface area (Å²) in [6, 6.07) is 0. The van der Waals surface area contributed by atoms with E-state index in [-0.39, 0.29) is 17.2 Å². The molecular weight excluding hydrogens is 491 g/mol. The summed E-state index contributed by atoms with van der Waals surface area (Å²) in [5, 5.41) is 0.237. The van der Waals surface area contributed by atoms with Crippen molar-refractivity contribution in [2.75, 3.05) is 6.61 Å². The van der Waals surface area contributed by atoms with Crippen molar-refractivity contribution in [3.05, 3.63) is 10.2 Å². The summed E-state index contributed by atoms with van der Waals surface area (Å²) in [6.45, 7) is 19.9. The van der Waals surface area contributed by atoms with Crippen LogP contribution in [0.5, 0.6) is 0 Å². The fourth-order valence-electron chi connectivity index (χ4n) is 4.29. The van der Waals surface area contributed by atoms with Crippen molar-refractivity contribution in [3.8, 4) is 0 Å². The van der Waals surface area contributed by atoms with Gasteiger partial charge in [0.15, 0.2) is 0 Å². The van der Waals surface area contributed by atoms with Gasteiger partial charge in [0.2, 0.25) is 0 Å². The van der Waals surface area contributed by atoms with Gasteiger partial charge in [-0.2, -0.15) is 0 Å². The fourth-order valence-corrected chi connectivity index (χ4v) is 19.9. The van der Waals surface area contributed by atoms with Gasteiger partial charge in [-0.25, -0.2) is 0 Å². The van der Waals surface area contributed by atoms with E-state index in [4.69, 9.17) is 9.16 Å². The van der Waals surface area contributed by atoms with Gasteiger partial charge in [0.05, 0.1) is 0 Å². The Morgan fingerprint density at radius 2 is 1.50 bits per heavy atom. The van der Waals surface area contributed by atoms with E-state index in [1.807, 2.05) is 0 Å². The predicted octanol–water partition coefficient (Wildman–Crippen LogP) is 8.89. The molecule has 0 amide bonds. The van der Waals surface area contributed by atoms with Crippen LogP contribution in [0.4, 0.5) is 0 Å². The first-order chi connectivity index (χ1) is 14.1. The van der Waals surface area contributed by atoms with Crippen LogP contribution in [0.15, 0.2) is 10.2 Å². The molecule has 1 aliphatic heterocycles. The molecule has 0 radical (unpaired) electrons. The van der Waals surface area contributed by atoms with Gasteiger partial charge in [0, 0.05) is 0 Å². The van der Waals surface area contributed by atoms with E-state index in [0.717, 1.165) is 13.0 Å². The first kappa shape index (κ1) is 28.7. The molecule has 1 rings (SSSR count). The number of unbranched alkanes of at least 4 members (excludes halogenated alkanes) is 3. The van der Waals surface area contributed by atoms with Crippen LogP contribution in [-0.4, -0.2) is 45.5 Å². The third kappa shape index (κ3) is 9.66. The van der Waals surface area contributed by atoms with Gasteiger partial charge in [-0.15, -0.1) is 0 Å². The second kappa shape index (κ2) is 14.0. The van der Waals surface area contributed by atoms with Crippen molar-refractivity contribution in [2.24, 2.45) is 0 Å². The molecule has 1 fully saturated rings. The molecular formula is C26H54O2SiSn. The molecule has 0 N–H and O–H groups in total. The van der Waals surface area contributed by atoms with Crippen LogP contribution in [0.25, 0.3) is 0 Å². The first-order valence-electron chi connectivity index (χ1n) is 13.1. The van der Waals surface area contributed by atoms with Crippen molar-refractivity contribution in [1.29, 1.82) is 0 Å². The molecule has 2 unspecified atom stereocenters. The molecule has 1 aliphatic rings. The Hall–Kier alpha value is 0.676. The molecule has 1 saturated heterocycles. The summed E-state index contributed by atoms with van der Waals surface area (Å²) in [5.74, 6) is 0. The molecule has 4 heteroatoms. The molecule has 0 saturated carbocycles. The Bertz CT molecular complexity index is 456. The molecule has 30 heavy (non-hydrogen) atoms. The van der Waals surface area contributed by atoms with Crippen LogP contribution < -0.4 is 0 Å². The van der Waals surface area contributed by atoms with Crippen LogP contribution >= 0.6 is 0 Å². The topological polar surface area (TPSA) is 18.5 Å². The van der Waals surface area contributed by atoms with Crippen LogP contribution in [0.2, 0.25) is 31.4 Å². The van der Waals surface area contributed by atoms with E-state index in [0.29, 0.717) is 0 Å². The summed E-state index contributed by atoms with van der Waals surface area (Å²) in [4.78, 5) is 0. The SMILES string of the molecule is CCC[CH2][Sn](/[CH]=C/C(O[Si](C)(C)C(C)(C)C)C1CCCCO1)([CH2]CCC)[CH2]CCC. The maximum atomic E-state index is 7.01. The molecule has 0 aromatic rings. The van der Waals surface area contributed by atoms with E-state index in [1.54, 1.807) is 0 Å². The average molecular weight is 546 g/mol. The third-order valence-corrected chi connectivity index (χ3v) is 26.1. The summed E-state index contributed by atoms with van der Waals surface area (Å²) in [6.07, 6.45) is 14.9. The quantitative estimate of drug-likeness (QED) is 0.203. The Kier molecular flexibility index (Phi) is 13.4. The van der Waals surface area contributed by atoms with E-state index in [1.165, 1.54) is 64.7 Å². The molecule has 1 heterocycles. The van der Waals surface area contributed by atoms with Crippen molar-refractivity contribution >= 4 is 26.7 Å². The monoisotopic (exact) mass is 546 g/mol. The first-order valence-corrected chi connectivity index (χ1v) is 23.7. The van der Waals surface area contributed by atoms with E-state index in [9.17, 15) is 0 Å². The Labute approximate surface area is 195 Å². The normalized spacial score (nSPS) is 20.1. The van der Waals surface area contributed by atoms with Crippen LogP contribution in [0.1, 0.15) is 99.3 Å². The van der Waals surface area contributed by atoms with Crippen LogP contribution in [-0.2, 0) is 9.16 Å². The predicted molar refractivity (Wildman–Crippen MR) is 140 cm³/mol. The molecule has 0 aliphatic carbocycles. The molecule has 0 bridgehead atoms. The van der Waals surface area contributed by atoms with Crippen molar-refractivity contribution in [1.82, 2.24) is 0 Å². The number of hydrogen-bond donors (Lipinski definition) is 0. The van der Waals surface area contributed by atoms with Gasteiger partial charge >= 0.3 is 196 Å². The molecule has 0 aromatic carbocycles. The fraction of sp³-hybridized carbons (Fsp3) is 0.923. The molecule has 2 atom stereocenters. The Morgan fingerprint density at radius 3 is 1.90 bits per heavy atom. The molecule has 2 nitrogen and oxygen atoms in total. The molecule has 178 valence electrons. The van der Waals surface area contributed by atoms with Gasteiger partial charge < -0.3 is 0 Å². The van der Waals surface area contributed by atoms with Gasteiger partial charge in [0.1, 0.15) is 0 Å². The second-order valence-electron chi connectivity index (χ2n) is 11.3. The van der Waals surface area contributed by atoms with E-state index < -0.39 is 26.7 Å². The van der Waals surface area contributed by atoms with Crippen molar-refractivity contribution < 1.29 is 9.16 Å². The number of rotatable bonds is 14. The summed E-state index contributed by atoms with van der Waals surface area (Å²) in [7, 11) is -1.83. The summed E-state index contributed by atoms with van der Waals surface area (Å²) < 4.78 is 20.7. The van der Waals surface area contributed by atoms with Gasteiger partial charge in [-0.1, -0.05) is 0 Å². The van der Waals surface area contributed by atoms with Crippen molar-refractivity contribution in [2.45, 2.75) is 143 Å². The zero-order valence-corrected chi connectivity index (χ0v) is 25.7.